The van der Waals surface area contributed by atoms with Crippen LogP contribution in [0, 0.1) is 5.82 Å². The summed E-state index contributed by atoms with van der Waals surface area (Å²) in [6.45, 7) is 13.0. The molecule has 0 radical (unpaired) electrons. The van der Waals surface area contributed by atoms with Crippen LogP contribution in [0.3, 0.4) is 0 Å². The summed E-state index contributed by atoms with van der Waals surface area (Å²) in [7, 11) is 1.91. The van der Waals surface area contributed by atoms with Crippen LogP contribution in [0.5, 0.6) is 0 Å². The fourth-order valence-corrected chi connectivity index (χ4v) is 5.17. The number of anilines is 1. The Morgan fingerprint density at radius 3 is 2.53 bits per heavy atom. The van der Waals surface area contributed by atoms with Crippen LogP contribution < -0.4 is 4.90 Å². The highest BCUT2D eigenvalue weighted by Gasteiger charge is 2.28. The molecule has 2 saturated heterocycles. The second kappa shape index (κ2) is 11.3. The average Bonchev–Trinajstić information content (AvgIpc) is 3.29. The molecule has 1 aromatic carbocycles. The zero-order chi connectivity index (χ0) is 25.8. The van der Waals surface area contributed by atoms with Gasteiger partial charge in [0.15, 0.2) is 0 Å². The van der Waals surface area contributed by atoms with E-state index in [0.29, 0.717) is 22.7 Å². The normalized spacial score (nSPS) is 21.8. The van der Waals surface area contributed by atoms with Crippen molar-refractivity contribution in [3.8, 4) is 0 Å². The highest BCUT2D eigenvalue weighted by atomic mass is 19.1. The predicted molar refractivity (Wildman–Crippen MR) is 147 cm³/mol. The molecular formula is C30H39FN4O. The van der Waals surface area contributed by atoms with Crippen molar-refractivity contribution in [3.05, 3.63) is 71.5 Å². The predicted octanol–water partition coefficient (Wildman–Crippen LogP) is 6.31. The molecule has 6 heteroatoms. The highest BCUT2D eigenvalue weighted by molar-refractivity contribution is 6.44. The van der Waals surface area contributed by atoms with Gasteiger partial charge in [0.1, 0.15) is 17.3 Å². The van der Waals surface area contributed by atoms with Crippen molar-refractivity contribution < 1.29 is 9.18 Å². The number of benzene rings is 1. The second-order valence-corrected chi connectivity index (χ2v) is 10.4. The van der Waals surface area contributed by atoms with E-state index in [9.17, 15) is 4.79 Å². The Morgan fingerprint density at radius 2 is 1.83 bits per heavy atom. The van der Waals surface area contributed by atoms with Crippen LogP contribution in [0.25, 0.3) is 5.57 Å². The van der Waals surface area contributed by atoms with Crippen LogP contribution in [-0.4, -0.2) is 54.1 Å². The van der Waals surface area contributed by atoms with E-state index >= 15 is 4.39 Å². The van der Waals surface area contributed by atoms with Crippen LogP contribution in [0.4, 0.5) is 10.1 Å². The largest absolute Gasteiger partial charge is 0.371 e. The number of halogens is 1. The van der Waals surface area contributed by atoms with E-state index in [1.807, 2.05) is 48.9 Å². The van der Waals surface area contributed by atoms with Crippen LogP contribution in [0.15, 0.2) is 65.1 Å². The SMILES string of the molecule is C=C(/C=C1/N=C(C(=O)N2CCCCCC2C)C=C(C=C(C)C)N1C)c1ccc(N2CCCC2)cc1F. The molecule has 1 atom stereocenters. The molecule has 36 heavy (non-hydrogen) atoms. The lowest BCUT2D eigenvalue weighted by molar-refractivity contribution is -0.125. The minimum Gasteiger partial charge on any atom is -0.371 e. The van der Waals surface area contributed by atoms with Crippen LogP contribution in [-0.2, 0) is 4.79 Å². The first kappa shape index (κ1) is 25.9. The van der Waals surface area contributed by atoms with Gasteiger partial charge in [-0.05, 0) is 88.5 Å². The fourth-order valence-electron chi connectivity index (χ4n) is 5.17. The van der Waals surface area contributed by atoms with Gasteiger partial charge in [-0.25, -0.2) is 9.38 Å². The topological polar surface area (TPSA) is 39.2 Å². The molecule has 1 amide bonds. The third kappa shape index (κ3) is 5.80. The van der Waals surface area contributed by atoms with Crippen LogP contribution in [0.2, 0.25) is 0 Å². The maximum Gasteiger partial charge on any atom is 0.272 e. The summed E-state index contributed by atoms with van der Waals surface area (Å²) in [6, 6.07) is 5.55. The number of nitrogens with zero attached hydrogens (tertiary/aromatic N) is 4. The molecule has 0 saturated carbocycles. The summed E-state index contributed by atoms with van der Waals surface area (Å²) in [5.74, 6) is 0.233. The van der Waals surface area contributed by atoms with Crippen molar-refractivity contribution in [2.75, 3.05) is 31.6 Å². The summed E-state index contributed by atoms with van der Waals surface area (Å²) in [5.41, 5.74) is 4.29. The van der Waals surface area contributed by atoms with Gasteiger partial charge in [-0.1, -0.05) is 25.0 Å². The molecule has 4 rings (SSSR count). The molecule has 3 aliphatic heterocycles. The molecule has 0 aliphatic carbocycles. The third-order valence-electron chi connectivity index (χ3n) is 7.29. The van der Waals surface area contributed by atoms with Gasteiger partial charge in [-0.3, -0.25) is 4.79 Å². The van der Waals surface area contributed by atoms with Gasteiger partial charge in [-0.15, -0.1) is 0 Å². The Balaban J connectivity index is 1.65. The molecule has 3 heterocycles. The van der Waals surface area contributed by atoms with E-state index in [-0.39, 0.29) is 17.8 Å². The first-order chi connectivity index (χ1) is 17.2. The van der Waals surface area contributed by atoms with Gasteiger partial charge in [0.05, 0.1) is 0 Å². The summed E-state index contributed by atoms with van der Waals surface area (Å²) >= 11 is 0. The number of allylic oxidation sites excluding steroid dienone is 4. The monoisotopic (exact) mass is 490 g/mol. The van der Waals surface area contributed by atoms with Gasteiger partial charge < -0.3 is 14.7 Å². The van der Waals surface area contributed by atoms with E-state index in [4.69, 9.17) is 4.99 Å². The first-order valence-corrected chi connectivity index (χ1v) is 13.2. The zero-order valence-corrected chi connectivity index (χ0v) is 22.2. The Morgan fingerprint density at radius 1 is 1.11 bits per heavy atom. The van der Waals surface area contributed by atoms with Crippen molar-refractivity contribution in [1.29, 1.82) is 0 Å². The number of likely N-dealkylation sites (N-methyl/N-ethyl adjacent to an activating group) is 1. The lowest BCUT2D eigenvalue weighted by atomic mass is 10.0. The standard InChI is InChI=1S/C30H39FN4O/c1-21(2)17-25-20-28(30(36)35-16-8-6-7-11-23(35)4)32-29(33(25)5)18-22(3)26-13-12-24(19-27(26)31)34-14-9-10-15-34/h12-13,17-20,23H,3,6-11,14-16H2,1-2,4-5H3/b29-18-. The molecule has 0 bridgehead atoms. The summed E-state index contributed by atoms with van der Waals surface area (Å²) in [6.07, 6.45) is 12.3. The van der Waals surface area contributed by atoms with Gasteiger partial charge in [0.2, 0.25) is 0 Å². The summed E-state index contributed by atoms with van der Waals surface area (Å²) < 4.78 is 15.1. The number of hydrogen-bond acceptors (Lipinski definition) is 4. The van der Waals surface area contributed by atoms with E-state index in [1.54, 1.807) is 18.2 Å². The number of rotatable bonds is 5. The summed E-state index contributed by atoms with van der Waals surface area (Å²) in [4.78, 5) is 24.4. The summed E-state index contributed by atoms with van der Waals surface area (Å²) in [5, 5.41) is 0. The molecule has 3 aliphatic rings. The van der Waals surface area contributed by atoms with Gasteiger partial charge in [0.25, 0.3) is 5.91 Å². The molecule has 2 fully saturated rings. The van der Waals surface area contributed by atoms with E-state index < -0.39 is 0 Å². The molecule has 192 valence electrons. The van der Waals surface area contributed by atoms with Crippen molar-refractivity contribution >= 4 is 22.9 Å². The Labute approximate surface area is 215 Å². The third-order valence-corrected chi connectivity index (χ3v) is 7.29. The molecule has 0 aromatic heterocycles. The van der Waals surface area contributed by atoms with Crippen molar-refractivity contribution in [1.82, 2.24) is 9.80 Å². The average molecular weight is 491 g/mol. The molecular weight excluding hydrogens is 451 g/mol. The maximum absolute atomic E-state index is 15.1. The number of carbonyl (C=O) groups excluding carboxylic acids is 1. The Hall–Kier alpha value is -3.15. The van der Waals surface area contributed by atoms with E-state index in [2.05, 4.69) is 18.4 Å². The van der Waals surface area contributed by atoms with E-state index in [1.165, 1.54) is 0 Å². The van der Waals surface area contributed by atoms with Gasteiger partial charge in [0, 0.05) is 49.7 Å². The van der Waals surface area contributed by atoms with E-state index in [0.717, 1.165) is 75.1 Å². The van der Waals surface area contributed by atoms with Crippen LogP contribution in [0.1, 0.15) is 64.9 Å². The zero-order valence-electron chi connectivity index (χ0n) is 22.2. The first-order valence-electron chi connectivity index (χ1n) is 13.2. The second-order valence-electron chi connectivity index (χ2n) is 10.4. The molecule has 1 aromatic rings. The quantitative estimate of drug-likeness (QED) is 0.486. The minimum atomic E-state index is -0.293. The Kier molecular flexibility index (Phi) is 8.12. The molecule has 0 spiro atoms. The number of likely N-dealkylation sites (tertiary alicyclic amines) is 1. The maximum atomic E-state index is 15.1. The van der Waals surface area contributed by atoms with Crippen molar-refractivity contribution in [2.24, 2.45) is 4.99 Å². The lowest BCUT2D eigenvalue weighted by Gasteiger charge is -2.30. The van der Waals surface area contributed by atoms with Gasteiger partial charge >= 0.3 is 0 Å². The smallest absolute Gasteiger partial charge is 0.272 e. The number of aliphatic imine (C=N–C) groups is 1. The van der Waals surface area contributed by atoms with Crippen LogP contribution >= 0.6 is 0 Å². The Bertz CT molecular complexity index is 1140. The molecule has 0 N–H and O–H groups in total. The number of carbonyl (C=O) groups is 1. The van der Waals surface area contributed by atoms with Gasteiger partial charge in [-0.2, -0.15) is 0 Å². The fraction of sp³-hybridized carbons (Fsp3) is 0.467. The molecule has 1 unspecified atom stereocenters. The number of amides is 1. The minimum absolute atomic E-state index is 0.0465. The highest BCUT2D eigenvalue weighted by Crippen LogP contribution is 2.29. The van der Waals surface area contributed by atoms with Crippen molar-refractivity contribution in [2.45, 2.75) is 65.3 Å². The molecule has 5 nitrogen and oxygen atoms in total. The lowest BCUT2D eigenvalue weighted by Crippen LogP contribution is -2.43. The number of hydrogen-bond donors (Lipinski definition) is 0. The van der Waals surface area contributed by atoms with Crippen molar-refractivity contribution in [3.63, 3.8) is 0 Å².